The zero-order valence-electron chi connectivity index (χ0n) is 9.12. The molecule has 15 heavy (non-hydrogen) atoms. The van der Waals surface area contributed by atoms with Crippen molar-refractivity contribution in [3.63, 3.8) is 0 Å². The van der Waals surface area contributed by atoms with E-state index in [1.54, 1.807) is 0 Å². The lowest BCUT2D eigenvalue weighted by Gasteiger charge is -2.37. The third-order valence-electron chi connectivity index (χ3n) is 3.04. The van der Waals surface area contributed by atoms with Crippen LogP contribution >= 0.6 is 0 Å². The van der Waals surface area contributed by atoms with Gasteiger partial charge < -0.3 is 15.7 Å². The zero-order valence-corrected chi connectivity index (χ0v) is 9.12. The third-order valence-corrected chi connectivity index (χ3v) is 3.04. The topological polar surface area (TPSA) is 90.4 Å². The Morgan fingerprint density at radius 2 is 2.07 bits per heavy atom. The molecule has 1 aliphatic rings. The van der Waals surface area contributed by atoms with Gasteiger partial charge in [0.25, 0.3) is 5.91 Å². The molecule has 0 aromatic rings. The normalized spacial score (nSPS) is 21.2. The number of nitrogens with zero attached hydrogens (tertiary/aromatic N) is 1. The SMILES string of the molecule is CCN1CCC(O)(CC(=N)C(N)=O)CC1. The van der Waals surface area contributed by atoms with Gasteiger partial charge in [-0.05, 0) is 19.4 Å². The molecule has 1 fully saturated rings. The van der Waals surface area contributed by atoms with Crippen LogP contribution in [0.2, 0.25) is 0 Å². The van der Waals surface area contributed by atoms with Crippen molar-refractivity contribution < 1.29 is 9.90 Å². The molecule has 0 aliphatic carbocycles. The molecule has 1 aliphatic heterocycles. The second-order valence-corrected chi connectivity index (χ2v) is 4.18. The van der Waals surface area contributed by atoms with Gasteiger partial charge in [0.1, 0.15) is 0 Å². The van der Waals surface area contributed by atoms with Gasteiger partial charge in [0, 0.05) is 19.5 Å². The van der Waals surface area contributed by atoms with E-state index < -0.39 is 11.5 Å². The van der Waals surface area contributed by atoms with Gasteiger partial charge in [0.15, 0.2) is 0 Å². The molecule has 0 unspecified atom stereocenters. The molecule has 0 saturated carbocycles. The number of primary amides is 1. The average molecular weight is 213 g/mol. The summed E-state index contributed by atoms with van der Waals surface area (Å²) in [6, 6.07) is 0. The number of amides is 1. The van der Waals surface area contributed by atoms with Crippen LogP contribution in [0.15, 0.2) is 0 Å². The maximum atomic E-state index is 10.7. The van der Waals surface area contributed by atoms with Gasteiger partial charge >= 0.3 is 0 Å². The first-order valence-corrected chi connectivity index (χ1v) is 5.29. The summed E-state index contributed by atoms with van der Waals surface area (Å²) in [7, 11) is 0. The summed E-state index contributed by atoms with van der Waals surface area (Å²) < 4.78 is 0. The predicted molar refractivity (Wildman–Crippen MR) is 57.8 cm³/mol. The lowest BCUT2D eigenvalue weighted by Crippen LogP contribution is -2.46. The maximum absolute atomic E-state index is 10.7. The van der Waals surface area contributed by atoms with Crippen LogP contribution in [-0.2, 0) is 4.79 Å². The standard InChI is InChI=1S/C10H19N3O2/c1-2-13-5-3-10(15,4-6-13)7-8(11)9(12)14/h11,15H,2-7H2,1H3,(H2,12,14). The number of piperidine rings is 1. The van der Waals surface area contributed by atoms with Crippen molar-refractivity contribution in [2.75, 3.05) is 19.6 Å². The molecular weight excluding hydrogens is 194 g/mol. The van der Waals surface area contributed by atoms with Crippen LogP contribution in [0.5, 0.6) is 0 Å². The lowest BCUT2D eigenvalue weighted by atomic mass is 9.86. The molecule has 1 rings (SSSR count). The number of aliphatic hydroxyl groups is 1. The quantitative estimate of drug-likeness (QED) is 0.561. The van der Waals surface area contributed by atoms with Gasteiger partial charge in [-0.25, -0.2) is 0 Å². The second kappa shape index (κ2) is 4.72. The second-order valence-electron chi connectivity index (χ2n) is 4.18. The lowest BCUT2D eigenvalue weighted by molar-refractivity contribution is -0.112. The van der Waals surface area contributed by atoms with Crippen LogP contribution in [0, 0.1) is 5.41 Å². The van der Waals surface area contributed by atoms with Crippen LogP contribution in [0.25, 0.3) is 0 Å². The van der Waals surface area contributed by atoms with E-state index in [2.05, 4.69) is 11.8 Å². The van der Waals surface area contributed by atoms with E-state index in [9.17, 15) is 9.90 Å². The Balaban J connectivity index is 2.48. The highest BCUT2D eigenvalue weighted by Gasteiger charge is 2.33. The molecule has 5 heteroatoms. The molecule has 0 bridgehead atoms. The third kappa shape index (κ3) is 3.28. The maximum Gasteiger partial charge on any atom is 0.262 e. The highest BCUT2D eigenvalue weighted by atomic mass is 16.3. The number of hydrogen-bond donors (Lipinski definition) is 3. The molecule has 0 spiro atoms. The number of hydrogen-bond acceptors (Lipinski definition) is 4. The highest BCUT2D eigenvalue weighted by molar-refractivity contribution is 6.37. The van der Waals surface area contributed by atoms with Crippen molar-refractivity contribution in [2.45, 2.75) is 31.8 Å². The molecule has 5 nitrogen and oxygen atoms in total. The van der Waals surface area contributed by atoms with Crippen molar-refractivity contribution in [2.24, 2.45) is 5.73 Å². The highest BCUT2D eigenvalue weighted by Crippen LogP contribution is 2.25. The zero-order chi connectivity index (χ0) is 11.5. The fourth-order valence-corrected chi connectivity index (χ4v) is 1.88. The predicted octanol–water partition coefficient (Wildman–Crippen LogP) is -0.272. The number of nitrogens with one attached hydrogen (secondary N) is 1. The van der Waals surface area contributed by atoms with Gasteiger partial charge in [-0.15, -0.1) is 0 Å². The summed E-state index contributed by atoms with van der Waals surface area (Å²) >= 11 is 0. The van der Waals surface area contributed by atoms with Crippen LogP contribution in [-0.4, -0.2) is 46.9 Å². The van der Waals surface area contributed by atoms with E-state index in [1.165, 1.54) is 0 Å². The molecule has 1 amide bonds. The van der Waals surface area contributed by atoms with E-state index in [0.717, 1.165) is 19.6 Å². The first-order valence-electron chi connectivity index (χ1n) is 5.29. The summed E-state index contributed by atoms with van der Waals surface area (Å²) in [5.41, 5.74) is 3.90. The number of rotatable bonds is 4. The molecule has 0 radical (unpaired) electrons. The van der Waals surface area contributed by atoms with Crippen molar-refractivity contribution >= 4 is 11.6 Å². The largest absolute Gasteiger partial charge is 0.389 e. The first-order chi connectivity index (χ1) is 6.97. The Kier molecular flexibility index (Phi) is 3.82. The minimum atomic E-state index is -0.905. The van der Waals surface area contributed by atoms with E-state index in [0.29, 0.717) is 12.8 Å². The van der Waals surface area contributed by atoms with Gasteiger partial charge in [-0.2, -0.15) is 0 Å². The van der Waals surface area contributed by atoms with Gasteiger partial charge in [-0.3, -0.25) is 10.2 Å². The monoisotopic (exact) mass is 213 g/mol. The summed E-state index contributed by atoms with van der Waals surface area (Å²) in [6.07, 6.45) is 1.30. The molecule has 86 valence electrons. The van der Waals surface area contributed by atoms with Crippen molar-refractivity contribution in [3.8, 4) is 0 Å². The van der Waals surface area contributed by atoms with Crippen LogP contribution in [0.1, 0.15) is 26.2 Å². The van der Waals surface area contributed by atoms with E-state index in [4.69, 9.17) is 11.1 Å². The minimum Gasteiger partial charge on any atom is -0.389 e. The first kappa shape index (κ1) is 12.1. The van der Waals surface area contributed by atoms with Gasteiger partial charge in [0.05, 0.1) is 11.3 Å². The van der Waals surface area contributed by atoms with Crippen molar-refractivity contribution in [1.82, 2.24) is 4.90 Å². The Labute approximate surface area is 89.8 Å². The van der Waals surface area contributed by atoms with Crippen LogP contribution in [0.3, 0.4) is 0 Å². The summed E-state index contributed by atoms with van der Waals surface area (Å²) in [6.45, 7) is 4.69. The van der Waals surface area contributed by atoms with E-state index in [-0.39, 0.29) is 12.1 Å². The fourth-order valence-electron chi connectivity index (χ4n) is 1.88. The van der Waals surface area contributed by atoms with Crippen molar-refractivity contribution in [1.29, 1.82) is 5.41 Å². The van der Waals surface area contributed by atoms with Gasteiger partial charge in [0.2, 0.25) is 0 Å². The molecule has 1 saturated heterocycles. The van der Waals surface area contributed by atoms with Crippen LogP contribution in [0.4, 0.5) is 0 Å². The molecule has 1 heterocycles. The molecular formula is C10H19N3O2. The smallest absolute Gasteiger partial charge is 0.262 e. The Morgan fingerprint density at radius 1 is 1.53 bits per heavy atom. The Hall–Kier alpha value is -0.940. The Bertz CT molecular complexity index is 257. The molecule has 0 atom stereocenters. The van der Waals surface area contributed by atoms with Crippen molar-refractivity contribution in [3.05, 3.63) is 0 Å². The number of nitrogens with two attached hydrogens (primary N) is 1. The van der Waals surface area contributed by atoms with Gasteiger partial charge in [-0.1, -0.05) is 6.92 Å². The summed E-state index contributed by atoms with van der Waals surface area (Å²) in [5.74, 6) is -0.735. The fraction of sp³-hybridized carbons (Fsp3) is 0.800. The number of likely N-dealkylation sites (tertiary alicyclic amines) is 1. The molecule has 0 aromatic carbocycles. The summed E-state index contributed by atoms with van der Waals surface area (Å²) in [4.78, 5) is 13.0. The minimum absolute atomic E-state index is 0.0832. The van der Waals surface area contributed by atoms with E-state index >= 15 is 0 Å². The van der Waals surface area contributed by atoms with Crippen LogP contribution < -0.4 is 5.73 Å². The average Bonchev–Trinajstić information content (AvgIpc) is 2.18. The number of carbonyl (C=O) groups excluding carboxylic acids is 1. The number of carbonyl (C=O) groups is 1. The summed E-state index contributed by atoms with van der Waals surface area (Å²) in [5, 5.41) is 17.5. The molecule has 4 N–H and O–H groups in total. The Morgan fingerprint density at radius 3 is 2.47 bits per heavy atom. The van der Waals surface area contributed by atoms with E-state index in [1.807, 2.05) is 0 Å². The molecule has 0 aromatic heterocycles.